The SMILES string of the molecule is CC(Cl)C(=O)Nc1ccc(C(F)(F)F)cc1[N+](=O)[O-]. The van der Waals surface area contributed by atoms with Crippen molar-refractivity contribution in [2.45, 2.75) is 18.5 Å². The number of hydrogen-bond acceptors (Lipinski definition) is 3. The first kappa shape index (κ1) is 15.2. The molecule has 9 heteroatoms. The zero-order chi connectivity index (χ0) is 14.8. The highest BCUT2D eigenvalue weighted by atomic mass is 35.5. The molecular formula is C10H8ClF3N2O3. The van der Waals surface area contributed by atoms with Crippen molar-refractivity contribution in [3.8, 4) is 0 Å². The van der Waals surface area contributed by atoms with E-state index in [1.807, 2.05) is 0 Å². The second-order valence-electron chi connectivity index (χ2n) is 3.59. The fraction of sp³-hybridized carbons (Fsp3) is 0.300. The van der Waals surface area contributed by atoms with E-state index >= 15 is 0 Å². The maximum absolute atomic E-state index is 12.4. The van der Waals surface area contributed by atoms with Gasteiger partial charge in [-0.3, -0.25) is 14.9 Å². The second kappa shape index (κ2) is 5.43. The van der Waals surface area contributed by atoms with Crippen molar-refractivity contribution >= 4 is 28.9 Å². The Morgan fingerprint density at radius 3 is 2.47 bits per heavy atom. The number of nitro groups is 1. The van der Waals surface area contributed by atoms with E-state index in [2.05, 4.69) is 5.32 Å². The van der Waals surface area contributed by atoms with Crippen LogP contribution in [0.4, 0.5) is 24.5 Å². The van der Waals surface area contributed by atoms with Crippen molar-refractivity contribution < 1.29 is 22.9 Å². The molecule has 0 radical (unpaired) electrons. The summed E-state index contributed by atoms with van der Waals surface area (Å²) in [4.78, 5) is 21.0. The number of anilines is 1. The summed E-state index contributed by atoms with van der Waals surface area (Å²) < 4.78 is 37.3. The van der Waals surface area contributed by atoms with Gasteiger partial charge in [0.1, 0.15) is 11.1 Å². The first-order chi connectivity index (χ1) is 8.62. The Balaban J connectivity index is 3.20. The smallest absolute Gasteiger partial charge is 0.319 e. The number of halogens is 4. The summed E-state index contributed by atoms with van der Waals surface area (Å²) in [6, 6.07) is 1.81. The Morgan fingerprint density at radius 1 is 1.47 bits per heavy atom. The minimum Gasteiger partial charge on any atom is -0.319 e. The maximum atomic E-state index is 12.4. The molecule has 0 saturated heterocycles. The van der Waals surface area contributed by atoms with Crippen LogP contribution in [0.25, 0.3) is 0 Å². The van der Waals surface area contributed by atoms with Crippen LogP contribution in [0.1, 0.15) is 12.5 Å². The van der Waals surface area contributed by atoms with E-state index in [1.54, 1.807) is 0 Å². The Morgan fingerprint density at radius 2 is 2.05 bits per heavy atom. The highest BCUT2D eigenvalue weighted by molar-refractivity contribution is 6.32. The highest BCUT2D eigenvalue weighted by Crippen LogP contribution is 2.35. The fourth-order valence-electron chi connectivity index (χ4n) is 1.20. The molecule has 0 aromatic heterocycles. The molecule has 1 aromatic carbocycles. The molecule has 0 aliphatic heterocycles. The maximum Gasteiger partial charge on any atom is 0.416 e. The van der Waals surface area contributed by atoms with Crippen LogP contribution in [0.5, 0.6) is 0 Å². The third-order valence-electron chi connectivity index (χ3n) is 2.14. The summed E-state index contributed by atoms with van der Waals surface area (Å²) in [6.45, 7) is 1.33. The molecule has 1 N–H and O–H groups in total. The number of nitrogens with zero attached hydrogens (tertiary/aromatic N) is 1. The molecule has 1 amide bonds. The second-order valence-corrected chi connectivity index (χ2v) is 4.25. The first-order valence-electron chi connectivity index (χ1n) is 4.93. The van der Waals surface area contributed by atoms with Crippen LogP contribution in [0, 0.1) is 10.1 Å². The average Bonchev–Trinajstić information content (AvgIpc) is 2.27. The quantitative estimate of drug-likeness (QED) is 0.529. The Bertz CT molecular complexity index is 517. The summed E-state index contributed by atoms with van der Waals surface area (Å²) in [5, 5.41) is 11.8. The van der Waals surface area contributed by atoms with Gasteiger partial charge < -0.3 is 5.32 Å². The Kier molecular flexibility index (Phi) is 4.35. The summed E-state index contributed by atoms with van der Waals surface area (Å²) in [5.41, 5.74) is -2.35. The van der Waals surface area contributed by atoms with E-state index in [4.69, 9.17) is 11.6 Å². The number of rotatable bonds is 3. The van der Waals surface area contributed by atoms with E-state index < -0.39 is 33.6 Å². The Labute approximate surface area is 110 Å². The topological polar surface area (TPSA) is 72.2 Å². The molecule has 0 heterocycles. The number of carbonyl (C=O) groups excluding carboxylic acids is 1. The number of nitro benzene ring substituents is 1. The largest absolute Gasteiger partial charge is 0.416 e. The van der Waals surface area contributed by atoms with Gasteiger partial charge in [-0.1, -0.05) is 0 Å². The number of benzene rings is 1. The van der Waals surface area contributed by atoms with E-state index in [-0.39, 0.29) is 5.69 Å². The number of amides is 1. The van der Waals surface area contributed by atoms with Crippen LogP contribution in [-0.4, -0.2) is 16.2 Å². The van der Waals surface area contributed by atoms with Crippen LogP contribution in [-0.2, 0) is 11.0 Å². The van der Waals surface area contributed by atoms with Crippen molar-refractivity contribution in [1.29, 1.82) is 0 Å². The molecule has 0 fully saturated rings. The summed E-state index contributed by atoms with van der Waals surface area (Å²) in [6.07, 6.45) is -4.70. The van der Waals surface area contributed by atoms with Crippen LogP contribution in [0.15, 0.2) is 18.2 Å². The van der Waals surface area contributed by atoms with Gasteiger partial charge >= 0.3 is 6.18 Å². The molecule has 1 atom stereocenters. The molecule has 0 aliphatic rings. The molecule has 104 valence electrons. The zero-order valence-corrected chi connectivity index (χ0v) is 10.2. The molecule has 0 aliphatic carbocycles. The lowest BCUT2D eigenvalue weighted by molar-refractivity contribution is -0.384. The Hall–Kier alpha value is -1.83. The lowest BCUT2D eigenvalue weighted by atomic mass is 10.1. The minimum absolute atomic E-state index is 0.337. The number of carbonyl (C=O) groups is 1. The average molecular weight is 297 g/mol. The van der Waals surface area contributed by atoms with Gasteiger partial charge in [-0.15, -0.1) is 11.6 Å². The minimum atomic E-state index is -4.70. The van der Waals surface area contributed by atoms with Crippen LogP contribution in [0.3, 0.4) is 0 Å². The van der Waals surface area contributed by atoms with E-state index in [0.717, 1.165) is 6.07 Å². The van der Waals surface area contributed by atoms with Crippen molar-refractivity contribution in [1.82, 2.24) is 0 Å². The molecule has 1 rings (SSSR count). The monoisotopic (exact) mass is 296 g/mol. The number of nitrogens with one attached hydrogen (secondary N) is 1. The standard InChI is InChI=1S/C10H8ClF3N2O3/c1-5(11)9(17)15-7-3-2-6(10(12,13)14)4-8(7)16(18)19/h2-5H,1H3,(H,15,17). The van der Waals surface area contributed by atoms with Gasteiger partial charge in [-0.05, 0) is 19.1 Å². The van der Waals surface area contributed by atoms with Gasteiger partial charge in [0.25, 0.3) is 5.69 Å². The van der Waals surface area contributed by atoms with Crippen LogP contribution < -0.4 is 5.32 Å². The van der Waals surface area contributed by atoms with Gasteiger partial charge in [-0.25, -0.2) is 0 Å². The van der Waals surface area contributed by atoms with Crippen molar-refractivity contribution in [2.75, 3.05) is 5.32 Å². The van der Waals surface area contributed by atoms with Gasteiger partial charge in [0.15, 0.2) is 0 Å². The van der Waals surface area contributed by atoms with Gasteiger partial charge in [0, 0.05) is 6.07 Å². The third kappa shape index (κ3) is 3.82. The molecule has 5 nitrogen and oxygen atoms in total. The summed E-state index contributed by atoms with van der Waals surface area (Å²) in [7, 11) is 0. The molecule has 19 heavy (non-hydrogen) atoms. The van der Waals surface area contributed by atoms with Crippen LogP contribution >= 0.6 is 11.6 Å². The predicted octanol–water partition coefficient (Wildman–Crippen LogP) is 3.18. The van der Waals surface area contributed by atoms with Crippen molar-refractivity contribution in [2.24, 2.45) is 0 Å². The lowest BCUT2D eigenvalue weighted by Crippen LogP contribution is -2.21. The molecule has 1 aromatic rings. The van der Waals surface area contributed by atoms with Crippen molar-refractivity contribution in [3.05, 3.63) is 33.9 Å². The summed E-state index contributed by atoms with van der Waals surface area (Å²) in [5.74, 6) is -0.746. The zero-order valence-electron chi connectivity index (χ0n) is 9.49. The normalized spacial score (nSPS) is 12.9. The predicted molar refractivity (Wildman–Crippen MR) is 62.0 cm³/mol. The first-order valence-corrected chi connectivity index (χ1v) is 5.37. The van der Waals surface area contributed by atoms with Crippen molar-refractivity contribution in [3.63, 3.8) is 0 Å². The van der Waals surface area contributed by atoms with Gasteiger partial charge in [0.2, 0.25) is 5.91 Å². The van der Waals surface area contributed by atoms with Gasteiger partial charge in [-0.2, -0.15) is 13.2 Å². The molecule has 0 spiro atoms. The molecular weight excluding hydrogens is 289 g/mol. The van der Waals surface area contributed by atoms with E-state index in [0.29, 0.717) is 12.1 Å². The molecule has 0 saturated carbocycles. The molecule has 0 bridgehead atoms. The van der Waals surface area contributed by atoms with E-state index in [9.17, 15) is 28.1 Å². The highest BCUT2D eigenvalue weighted by Gasteiger charge is 2.33. The fourth-order valence-corrected chi connectivity index (χ4v) is 1.25. The van der Waals surface area contributed by atoms with Gasteiger partial charge in [0.05, 0.1) is 10.5 Å². The van der Waals surface area contributed by atoms with E-state index in [1.165, 1.54) is 6.92 Å². The molecule has 1 unspecified atom stereocenters. The lowest BCUT2D eigenvalue weighted by Gasteiger charge is -2.10. The number of hydrogen-bond donors (Lipinski definition) is 1. The summed E-state index contributed by atoms with van der Waals surface area (Å²) >= 11 is 5.45. The van der Waals surface area contributed by atoms with Crippen LogP contribution in [0.2, 0.25) is 0 Å². The number of alkyl halides is 4. The third-order valence-corrected chi connectivity index (χ3v) is 2.34.